The van der Waals surface area contributed by atoms with Crippen LogP contribution in [0.15, 0.2) is 18.2 Å². The van der Waals surface area contributed by atoms with Crippen LogP contribution in [0.4, 0.5) is 13.6 Å². The summed E-state index contributed by atoms with van der Waals surface area (Å²) in [7, 11) is 0. The zero-order chi connectivity index (χ0) is 15.8. The van der Waals surface area contributed by atoms with Crippen LogP contribution < -0.4 is 0 Å². The molecule has 0 radical (unpaired) electrons. The molecule has 0 saturated carbocycles. The molecular formula is C15H17F2NO3. The number of halogens is 2. The van der Waals surface area contributed by atoms with Gasteiger partial charge in [0.15, 0.2) is 17.4 Å². The molecule has 1 amide bonds. The van der Waals surface area contributed by atoms with E-state index in [2.05, 4.69) is 0 Å². The maximum atomic E-state index is 13.1. The Morgan fingerprint density at radius 3 is 2.33 bits per heavy atom. The number of ketones is 1. The normalized spacial score (nSPS) is 15.6. The Kier molecular flexibility index (Phi) is 3.98. The highest BCUT2D eigenvalue weighted by atomic mass is 19.2. The van der Waals surface area contributed by atoms with Crippen molar-refractivity contribution in [1.82, 2.24) is 4.90 Å². The average molecular weight is 297 g/mol. The first kappa shape index (κ1) is 15.4. The number of benzene rings is 1. The lowest BCUT2D eigenvalue weighted by Gasteiger charge is -2.38. The molecule has 0 N–H and O–H groups in total. The first-order valence-corrected chi connectivity index (χ1v) is 6.64. The highest BCUT2D eigenvalue weighted by molar-refractivity contribution is 5.99. The summed E-state index contributed by atoms with van der Waals surface area (Å²) in [6.45, 7) is 5.73. The quantitative estimate of drug-likeness (QED) is 0.788. The lowest BCUT2D eigenvalue weighted by Crippen LogP contribution is -2.54. The second kappa shape index (κ2) is 5.42. The molecule has 0 aromatic heterocycles. The molecule has 0 bridgehead atoms. The van der Waals surface area contributed by atoms with Crippen molar-refractivity contribution in [3.05, 3.63) is 35.4 Å². The Hall–Kier alpha value is -1.98. The molecule has 1 aliphatic rings. The van der Waals surface area contributed by atoms with E-state index in [4.69, 9.17) is 4.74 Å². The third-order valence-electron chi connectivity index (χ3n) is 3.11. The summed E-state index contributed by atoms with van der Waals surface area (Å²) in [4.78, 5) is 25.2. The number of carbonyl (C=O) groups excluding carboxylic acids is 2. The van der Waals surface area contributed by atoms with Crippen molar-refractivity contribution in [2.24, 2.45) is 5.92 Å². The maximum absolute atomic E-state index is 13.1. The van der Waals surface area contributed by atoms with Crippen molar-refractivity contribution in [3.63, 3.8) is 0 Å². The molecular weight excluding hydrogens is 280 g/mol. The topological polar surface area (TPSA) is 46.6 Å². The molecule has 0 atom stereocenters. The van der Waals surface area contributed by atoms with Gasteiger partial charge in [0.1, 0.15) is 5.60 Å². The average Bonchev–Trinajstić information content (AvgIpc) is 2.28. The van der Waals surface area contributed by atoms with Gasteiger partial charge in [-0.05, 0) is 39.0 Å². The minimum absolute atomic E-state index is 0.114. The fraction of sp³-hybridized carbons (Fsp3) is 0.467. The van der Waals surface area contributed by atoms with Gasteiger partial charge in [-0.2, -0.15) is 0 Å². The number of likely N-dealkylation sites (tertiary alicyclic amines) is 1. The van der Waals surface area contributed by atoms with E-state index >= 15 is 0 Å². The van der Waals surface area contributed by atoms with Crippen LogP contribution in [0.2, 0.25) is 0 Å². The van der Waals surface area contributed by atoms with Gasteiger partial charge in [0.25, 0.3) is 0 Å². The van der Waals surface area contributed by atoms with Gasteiger partial charge in [-0.15, -0.1) is 0 Å². The van der Waals surface area contributed by atoms with Crippen molar-refractivity contribution < 1.29 is 23.1 Å². The van der Waals surface area contributed by atoms with Crippen molar-refractivity contribution >= 4 is 11.9 Å². The van der Waals surface area contributed by atoms with Crippen molar-refractivity contribution in [1.29, 1.82) is 0 Å². The van der Waals surface area contributed by atoms with Crippen LogP contribution in [0, 0.1) is 17.6 Å². The van der Waals surface area contributed by atoms with Crippen LogP contribution in [-0.4, -0.2) is 35.5 Å². The molecule has 6 heteroatoms. The number of hydrogen-bond donors (Lipinski definition) is 0. The maximum Gasteiger partial charge on any atom is 0.410 e. The van der Waals surface area contributed by atoms with Gasteiger partial charge in [0.05, 0.1) is 5.92 Å². The van der Waals surface area contributed by atoms with Gasteiger partial charge < -0.3 is 9.64 Å². The number of Topliss-reactive ketones (excluding diaryl/α,β-unsaturated/α-hetero) is 1. The molecule has 1 heterocycles. The van der Waals surface area contributed by atoms with E-state index in [9.17, 15) is 18.4 Å². The van der Waals surface area contributed by atoms with Gasteiger partial charge in [0.2, 0.25) is 0 Å². The number of hydrogen-bond acceptors (Lipinski definition) is 3. The number of nitrogens with zero attached hydrogens (tertiary/aromatic N) is 1. The molecule has 0 aliphatic carbocycles. The third kappa shape index (κ3) is 3.56. The first-order valence-electron chi connectivity index (χ1n) is 6.64. The lowest BCUT2D eigenvalue weighted by molar-refractivity contribution is 0.00148. The summed E-state index contributed by atoms with van der Waals surface area (Å²) in [5, 5.41) is 0. The Morgan fingerprint density at radius 1 is 1.19 bits per heavy atom. The van der Waals surface area contributed by atoms with Gasteiger partial charge in [-0.1, -0.05) is 0 Å². The summed E-state index contributed by atoms with van der Waals surface area (Å²) >= 11 is 0. The molecule has 1 fully saturated rings. The zero-order valence-electron chi connectivity index (χ0n) is 12.2. The van der Waals surface area contributed by atoms with E-state index in [0.717, 1.165) is 12.1 Å². The molecule has 1 saturated heterocycles. The SMILES string of the molecule is CC(C)(C)OC(=O)N1CC(C(=O)c2ccc(F)c(F)c2)C1. The smallest absolute Gasteiger partial charge is 0.410 e. The van der Waals surface area contributed by atoms with E-state index in [0.29, 0.717) is 0 Å². The number of ether oxygens (including phenoxy) is 1. The standard InChI is InChI=1S/C15H17F2NO3/c1-15(2,3)21-14(20)18-7-10(8-18)13(19)9-4-5-11(16)12(17)6-9/h4-6,10H,7-8H2,1-3H3. The predicted octanol–water partition coefficient (Wildman–Crippen LogP) is 3.01. The third-order valence-corrected chi connectivity index (χ3v) is 3.11. The van der Waals surface area contributed by atoms with Crippen LogP contribution in [0.3, 0.4) is 0 Å². The van der Waals surface area contributed by atoms with Gasteiger partial charge >= 0.3 is 6.09 Å². The molecule has 0 unspecified atom stereocenters. The van der Waals surface area contributed by atoms with E-state index in [1.165, 1.54) is 11.0 Å². The van der Waals surface area contributed by atoms with E-state index in [1.54, 1.807) is 20.8 Å². The van der Waals surface area contributed by atoms with E-state index < -0.39 is 29.2 Å². The van der Waals surface area contributed by atoms with Crippen LogP contribution in [0.5, 0.6) is 0 Å². The van der Waals surface area contributed by atoms with Gasteiger partial charge in [0, 0.05) is 18.7 Å². The van der Waals surface area contributed by atoms with Gasteiger partial charge in [-0.3, -0.25) is 4.79 Å². The molecule has 4 nitrogen and oxygen atoms in total. The molecule has 114 valence electrons. The number of rotatable bonds is 2. The van der Waals surface area contributed by atoms with Gasteiger partial charge in [-0.25, -0.2) is 13.6 Å². The number of amides is 1. The second-order valence-electron chi connectivity index (χ2n) is 6.08. The lowest BCUT2D eigenvalue weighted by atomic mass is 9.91. The Labute approximate surface area is 121 Å². The Balaban J connectivity index is 1.93. The zero-order valence-corrected chi connectivity index (χ0v) is 12.2. The molecule has 21 heavy (non-hydrogen) atoms. The largest absolute Gasteiger partial charge is 0.444 e. The van der Waals surface area contributed by atoms with E-state index in [1.807, 2.05) is 0 Å². The molecule has 1 aliphatic heterocycles. The number of carbonyl (C=O) groups is 2. The highest BCUT2D eigenvalue weighted by Crippen LogP contribution is 2.23. The summed E-state index contributed by atoms with van der Waals surface area (Å²) in [6.07, 6.45) is -0.475. The highest BCUT2D eigenvalue weighted by Gasteiger charge is 2.38. The molecule has 2 rings (SSSR count). The fourth-order valence-electron chi connectivity index (χ4n) is 2.01. The van der Waals surface area contributed by atoms with Crippen LogP contribution in [0.1, 0.15) is 31.1 Å². The van der Waals surface area contributed by atoms with Crippen molar-refractivity contribution in [2.45, 2.75) is 26.4 Å². The Morgan fingerprint density at radius 2 is 1.81 bits per heavy atom. The van der Waals surface area contributed by atoms with Crippen molar-refractivity contribution in [3.8, 4) is 0 Å². The molecule has 0 spiro atoms. The summed E-state index contributed by atoms with van der Waals surface area (Å²) in [5.41, 5.74) is -0.477. The van der Waals surface area contributed by atoms with E-state index in [-0.39, 0.29) is 24.4 Å². The minimum Gasteiger partial charge on any atom is -0.444 e. The summed E-state index contributed by atoms with van der Waals surface area (Å²) in [5.74, 6) is -2.74. The van der Waals surface area contributed by atoms with Crippen molar-refractivity contribution in [2.75, 3.05) is 13.1 Å². The second-order valence-corrected chi connectivity index (χ2v) is 6.08. The Bertz CT molecular complexity index is 575. The van der Waals surface area contributed by atoms with Crippen LogP contribution in [-0.2, 0) is 4.74 Å². The molecule has 1 aromatic carbocycles. The summed E-state index contributed by atoms with van der Waals surface area (Å²) in [6, 6.07) is 3.05. The van der Waals surface area contributed by atoms with Crippen LogP contribution >= 0.6 is 0 Å². The minimum atomic E-state index is -1.05. The summed E-state index contributed by atoms with van der Waals surface area (Å²) < 4.78 is 31.1. The monoisotopic (exact) mass is 297 g/mol. The fourth-order valence-corrected chi connectivity index (χ4v) is 2.01. The first-order chi connectivity index (χ1) is 9.67. The predicted molar refractivity (Wildman–Crippen MR) is 72.0 cm³/mol. The molecule has 1 aromatic rings. The van der Waals surface area contributed by atoms with Crippen LogP contribution in [0.25, 0.3) is 0 Å².